The highest BCUT2D eigenvalue weighted by molar-refractivity contribution is 9.10. The topological polar surface area (TPSA) is 39.1 Å². The first-order valence-corrected chi connectivity index (χ1v) is 7.65. The summed E-state index contributed by atoms with van der Waals surface area (Å²) in [6.45, 7) is 0.0525. The van der Waals surface area contributed by atoms with Crippen LogP contribution in [-0.4, -0.2) is 16.6 Å². The Morgan fingerprint density at radius 3 is 2.53 bits per heavy atom. The highest BCUT2D eigenvalue weighted by Gasteiger charge is 2.08. The quantitative estimate of drug-likeness (QED) is 0.635. The Bertz CT molecular complexity index is 649. The van der Waals surface area contributed by atoms with Gasteiger partial charge in [-0.1, -0.05) is 12.1 Å². The van der Waals surface area contributed by atoms with E-state index in [4.69, 9.17) is 0 Å². The maximum Gasteiger partial charge on any atom is 0.251 e. The predicted molar refractivity (Wildman–Crippen MR) is 81.0 cm³/mol. The number of halogens is 1. The molecule has 1 heterocycles. The van der Waals surface area contributed by atoms with E-state index in [0.717, 1.165) is 9.37 Å². The van der Waals surface area contributed by atoms with Crippen molar-refractivity contribution in [1.82, 2.24) is 4.57 Å². The minimum Gasteiger partial charge on any atom is -0.307 e. The summed E-state index contributed by atoms with van der Waals surface area (Å²) < 4.78 is 2.17. The molecule has 98 valence electrons. The smallest absolute Gasteiger partial charge is 0.251 e. The first kappa shape index (κ1) is 14.1. The lowest BCUT2D eigenvalue weighted by atomic mass is 10.1. The average Bonchev–Trinajstić information content (AvgIpc) is 2.43. The fourth-order valence-corrected chi connectivity index (χ4v) is 2.44. The molecule has 0 aliphatic carbocycles. The van der Waals surface area contributed by atoms with Crippen molar-refractivity contribution in [3.63, 3.8) is 0 Å². The zero-order chi connectivity index (χ0) is 13.8. The van der Waals surface area contributed by atoms with Crippen LogP contribution < -0.4 is 5.56 Å². The van der Waals surface area contributed by atoms with Crippen LogP contribution in [0.25, 0.3) is 0 Å². The summed E-state index contributed by atoms with van der Waals surface area (Å²) in [5.74, 6) is -0.0761. The van der Waals surface area contributed by atoms with E-state index in [2.05, 4.69) is 15.9 Å². The highest BCUT2D eigenvalue weighted by Crippen LogP contribution is 2.15. The van der Waals surface area contributed by atoms with Crippen molar-refractivity contribution in [1.29, 1.82) is 0 Å². The molecule has 2 rings (SSSR count). The zero-order valence-electron chi connectivity index (χ0n) is 10.3. The van der Waals surface area contributed by atoms with E-state index >= 15 is 0 Å². The van der Waals surface area contributed by atoms with Gasteiger partial charge in [0.25, 0.3) is 5.56 Å². The molecule has 3 nitrogen and oxygen atoms in total. The maximum absolute atomic E-state index is 12.1. The zero-order valence-corrected chi connectivity index (χ0v) is 12.7. The van der Waals surface area contributed by atoms with Crippen molar-refractivity contribution in [2.45, 2.75) is 11.4 Å². The van der Waals surface area contributed by atoms with Crippen LogP contribution in [0, 0.1) is 0 Å². The predicted octanol–water partition coefficient (Wildman–Crippen LogP) is 3.22. The molecule has 0 saturated heterocycles. The molecule has 1 aromatic carbocycles. The Morgan fingerprint density at radius 2 is 1.89 bits per heavy atom. The van der Waals surface area contributed by atoms with Crippen LogP contribution in [0.4, 0.5) is 0 Å². The summed E-state index contributed by atoms with van der Waals surface area (Å²) in [6, 6.07) is 10.5. The maximum atomic E-state index is 12.1. The first-order chi connectivity index (χ1) is 9.10. The van der Waals surface area contributed by atoms with E-state index in [-0.39, 0.29) is 17.9 Å². The molecule has 0 atom stereocenters. The summed E-state index contributed by atoms with van der Waals surface area (Å²) in [7, 11) is 0. The lowest BCUT2D eigenvalue weighted by Gasteiger charge is -2.06. The molecular formula is C14H12BrNO2S. The molecule has 1 aromatic heterocycles. The summed E-state index contributed by atoms with van der Waals surface area (Å²) in [5.41, 5.74) is 0.432. The third-order valence-electron chi connectivity index (χ3n) is 2.67. The Kier molecular flexibility index (Phi) is 4.61. The molecule has 0 unspecified atom stereocenters. The number of ketones is 1. The SMILES string of the molecule is CSc1ccc(C(=O)Cn2cc(Br)ccc2=O)cc1. The Morgan fingerprint density at radius 1 is 1.21 bits per heavy atom. The second-order valence-corrected chi connectivity index (χ2v) is 5.76. The van der Waals surface area contributed by atoms with Crippen molar-refractivity contribution in [2.75, 3.05) is 6.26 Å². The van der Waals surface area contributed by atoms with Gasteiger partial charge in [-0.15, -0.1) is 11.8 Å². The number of Topliss-reactive ketones (excluding diaryl/α,β-unsaturated/α-hetero) is 1. The van der Waals surface area contributed by atoms with Gasteiger partial charge in [0.2, 0.25) is 0 Å². The molecule has 0 amide bonds. The standard InChI is InChI=1S/C14H12BrNO2S/c1-19-12-5-2-10(3-6-12)13(17)9-16-8-11(15)4-7-14(16)18/h2-8H,9H2,1H3. The first-order valence-electron chi connectivity index (χ1n) is 5.63. The van der Waals surface area contributed by atoms with E-state index < -0.39 is 0 Å². The summed E-state index contributed by atoms with van der Waals surface area (Å²) in [6.07, 6.45) is 3.61. The molecule has 0 spiro atoms. The van der Waals surface area contributed by atoms with Gasteiger partial charge in [0, 0.05) is 27.2 Å². The van der Waals surface area contributed by atoms with Gasteiger partial charge in [-0.05, 0) is 40.4 Å². The van der Waals surface area contributed by atoms with E-state index in [1.54, 1.807) is 36.2 Å². The minimum absolute atomic E-state index is 0.0525. The number of nitrogens with zero attached hydrogens (tertiary/aromatic N) is 1. The van der Waals surface area contributed by atoms with Crippen LogP contribution in [0.2, 0.25) is 0 Å². The number of pyridine rings is 1. The van der Waals surface area contributed by atoms with Gasteiger partial charge in [-0.25, -0.2) is 0 Å². The van der Waals surface area contributed by atoms with E-state index in [1.807, 2.05) is 18.4 Å². The fourth-order valence-electron chi connectivity index (χ4n) is 1.65. The van der Waals surface area contributed by atoms with Crippen LogP contribution in [0.15, 0.2) is 56.8 Å². The number of rotatable bonds is 4. The largest absolute Gasteiger partial charge is 0.307 e. The Hall–Kier alpha value is -1.33. The second kappa shape index (κ2) is 6.21. The number of benzene rings is 1. The third kappa shape index (κ3) is 3.58. The third-order valence-corrected chi connectivity index (χ3v) is 3.89. The number of aromatic nitrogens is 1. The number of hydrogen-bond donors (Lipinski definition) is 0. The molecule has 0 saturated carbocycles. The minimum atomic E-state index is -0.183. The second-order valence-electron chi connectivity index (χ2n) is 3.97. The Balaban J connectivity index is 2.20. The van der Waals surface area contributed by atoms with Crippen molar-refractivity contribution < 1.29 is 4.79 Å². The molecule has 19 heavy (non-hydrogen) atoms. The fraction of sp³-hybridized carbons (Fsp3) is 0.143. The number of thioether (sulfide) groups is 1. The molecule has 0 N–H and O–H groups in total. The molecule has 0 bridgehead atoms. The normalized spacial score (nSPS) is 10.4. The van der Waals surface area contributed by atoms with Gasteiger partial charge in [-0.2, -0.15) is 0 Å². The highest BCUT2D eigenvalue weighted by atomic mass is 79.9. The van der Waals surface area contributed by atoms with Crippen molar-refractivity contribution >= 4 is 33.5 Å². The molecule has 0 aliphatic heterocycles. The number of carbonyl (C=O) groups is 1. The number of hydrogen-bond acceptors (Lipinski definition) is 3. The van der Waals surface area contributed by atoms with Crippen LogP contribution >= 0.6 is 27.7 Å². The van der Waals surface area contributed by atoms with Gasteiger partial charge >= 0.3 is 0 Å². The van der Waals surface area contributed by atoms with E-state index in [0.29, 0.717) is 5.56 Å². The molecule has 0 fully saturated rings. The van der Waals surface area contributed by atoms with Crippen molar-refractivity contribution in [2.24, 2.45) is 0 Å². The van der Waals surface area contributed by atoms with Crippen LogP contribution in [0.5, 0.6) is 0 Å². The molecule has 2 aromatic rings. The van der Waals surface area contributed by atoms with Gasteiger partial charge in [-0.3, -0.25) is 9.59 Å². The van der Waals surface area contributed by atoms with E-state index in [9.17, 15) is 9.59 Å². The Labute approximate surface area is 123 Å². The van der Waals surface area contributed by atoms with Gasteiger partial charge in [0.15, 0.2) is 5.78 Å². The van der Waals surface area contributed by atoms with Crippen molar-refractivity contribution in [3.8, 4) is 0 Å². The molecular weight excluding hydrogens is 326 g/mol. The summed E-state index contributed by atoms with van der Waals surface area (Å²) >= 11 is 4.91. The lowest BCUT2D eigenvalue weighted by Crippen LogP contribution is -2.22. The van der Waals surface area contributed by atoms with Crippen molar-refractivity contribution in [3.05, 3.63) is 63.0 Å². The monoisotopic (exact) mass is 337 g/mol. The van der Waals surface area contributed by atoms with Gasteiger partial charge in [0.05, 0.1) is 6.54 Å². The molecule has 0 radical (unpaired) electrons. The summed E-state index contributed by atoms with van der Waals surface area (Å²) in [4.78, 5) is 24.8. The molecule has 0 aliphatic rings. The lowest BCUT2D eigenvalue weighted by molar-refractivity contribution is 0.0970. The van der Waals surface area contributed by atoms with Crippen LogP contribution in [0.1, 0.15) is 10.4 Å². The van der Waals surface area contributed by atoms with E-state index in [1.165, 1.54) is 10.6 Å². The van der Waals surface area contributed by atoms with Gasteiger partial charge < -0.3 is 4.57 Å². The number of carbonyl (C=O) groups excluding carboxylic acids is 1. The summed E-state index contributed by atoms with van der Waals surface area (Å²) in [5, 5.41) is 0. The average molecular weight is 338 g/mol. The van der Waals surface area contributed by atoms with Gasteiger partial charge in [0.1, 0.15) is 0 Å². The van der Waals surface area contributed by atoms with Crippen LogP contribution in [-0.2, 0) is 6.54 Å². The van der Waals surface area contributed by atoms with Crippen LogP contribution in [0.3, 0.4) is 0 Å². The molecule has 5 heteroatoms.